The van der Waals surface area contributed by atoms with Gasteiger partial charge in [-0.25, -0.2) is 0 Å². The van der Waals surface area contributed by atoms with Crippen molar-refractivity contribution in [3.8, 4) is 0 Å². The number of carbonyl (C=O) groups excluding carboxylic acids is 2. The predicted molar refractivity (Wildman–Crippen MR) is 88.7 cm³/mol. The number of carbonyl (C=O) groups is 2. The second-order valence-corrected chi connectivity index (χ2v) is 6.08. The maximum atomic E-state index is 12.3. The van der Waals surface area contributed by atoms with Crippen LogP contribution in [-0.4, -0.2) is 16.8 Å². The zero-order valence-corrected chi connectivity index (χ0v) is 13.6. The molecule has 0 saturated heterocycles. The summed E-state index contributed by atoms with van der Waals surface area (Å²) < 4.78 is 0. The van der Waals surface area contributed by atoms with Gasteiger partial charge in [0, 0.05) is 17.8 Å². The molecule has 0 aliphatic carbocycles. The molecule has 1 aromatic heterocycles. The third-order valence-corrected chi connectivity index (χ3v) is 4.36. The first-order chi connectivity index (χ1) is 11.0. The lowest BCUT2D eigenvalue weighted by atomic mass is 9.85. The standard InChI is InChI=1S/C19H20N2O2/c1-4-5-13-7-8-14-17(19(23)21-18(14)22)16(13)12(3)15-9-6-11(2)10-20-15/h6-10,12H,4-5H2,1-3H3,(H,21,22,23)/t12-/m1/s1. The monoisotopic (exact) mass is 308 g/mol. The van der Waals surface area contributed by atoms with E-state index in [1.54, 1.807) is 6.07 Å². The fourth-order valence-electron chi connectivity index (χ4n) is 3.19. The Morgan fingerprint density at radius 1 is 1.13 bits per heavy atom. The Bertz CT molecular complexity index is 779. The van der Waals surface area contributed by atoms with Gasteiger partial charge >= 0.3 is 0 Å². The van der Waals surface area contributed by atoms with Crippen LogP contribution in [0.25, 0.3) is 0 Å². The molecule has 2 amide bonds. The second kappa shape index (κ2) is 5.95. The van der Waals surface area contributed by atoms with Gasteiger partial charge in [-0.3, -0.25) is 19.9 Å². The number of fused-ring (bicyclic) bond motifs is 1. The Morgan fingerprint density at radius 3 is 2.57 bits per heavy atom. The van der Waals surface area contributed by atoms with Crippen molar-refractivity contribution in [2.75, 3.05) is 0 Å². The lowest BCUT2D eigenvalue weighted by Crippen LogP contribution is -2.20. The average molecular weight is 308 g/mol. The minimum Gasteiger partial charge on any atom is -0.288 e. The van der Waals surface area contributed by atoms with E-state index in [0.29, 0.717) is 11.1 Å². The van der Waals surface area contributed by atoms with Crippen molar-refractivity contribution in [1.29, 1.82) is 0 Å². The third kappa shape index (κ3) is 2.65. The number of benzene rings is 1. The van der Waals surface area contributed by atoms with E-state index < -0.39 is 0 Å². The zero-order valence-electron chi connectivity index (χ0n) is 13.6. The highest BCUT2D eigenvalue weighted by atomic mass is 16.2. The van der Waals surface area contributed by atoms with Gasteiger partial charge in [-0.1, -0.05) is 32.4 Å². The third-order valence-electron chi connectivity index (χ3n) is 4.36. The molecule has 1 N–H and O–H groups in total. The van der Waals surface area contributed by atoms with E-state index in [9.17, 15) is 9.59 Å². The van der Waals surface area contributed by atoms with Gasteiger partial charge in [-0.2, -0.15) is 0 Å². The molecule has 4 nitrogen and oxygen atoms in total. The van der Waals surface area contributed by atoms with Crippen LogP contribution < -0.4 is 5.32 Å². The minimum absolute atomic E-state index is 0.0382. The molecule has 1 aliphatic rings. The number of aryl methyl sites for hydroxylation is 2. The maximum Gasteiger partial charge on any atom is 0.259 e. The molecule has 118 valence electrons. The Balaban J connectivity index is 2.18. The van der Waals surface area contributed by atoms with Crippen LogP contribution >= 0.6 is 0 Å². The van der Waals surface area contributed by atoms with Crippen LogP contribution in [0, 0.1) is 6.92 Å². The van der Waals surface area contributed by atoms with E-state index in [1.165, 1.54) is 0 Å². The first-order valence-corrected chi connectivity index (χ1v) is 7.97. The van der Waals surface area contributed by atoms with Gasteiger partial charge in [0.05, 0.1) is 11.1 Å². The predicted octanol–water partition coefficient (Wildman–Crippen LogP) is 3.38. The summed E-state index contributed by atoms with van der Waals surface area (Å²) >= 11 is 0. The van der Waals surface area contributed by atoms with Gasteiger partial charge in [0.15, 0.2) is 0 Å². The molecule has 0 bridgehead atoms. The van der Waals surface area contributed by atoms with Gasteiger partial charge in [0.1, 0.15) is 0 Å². The van der Waals surface area contributed by atoms with Crippen LogP contribution in [0.1, 0.15) is 69.3 Å². The number of hydrogen-bond acceptors (Lipinski definition) is 3. The van der Waals surface area contributed by atoms with E-state index in [-0.39, 0.29) is 17.7 Å². The van der Waals surface area contributed by atoms with E-state index in [2.05, 4.69) is 17.2 Å². The molecule has 4 heteroatoms. The van der Waals surface area contributed by atoms with Gasteiger partial charge in [0.2, 0.25) is 0 Å². The lowest BCUT2D eigenvalue weighted by molar-refractivity contribution is 0.0879. The summed E-state index contributed by atoms with van der Waals surface area (Å²) in [5, 5.41) is 2.41. The van der Waals surface area contributed by atoms with Crippen LogP contribution in [-0.2, 0) is 6.42 Å². The van der Waals surface area contributed by atoms with Crippen molar-refractivity contribution in [2.24, 2.45) is 0 Å². The van der Waals surface area contributed by atoms with Crippen LogP contribution in [0.2, 0.25) is 0 Å². The summed E-state index contributed by atoms with van der Waals surface area (Å²) in [6, 6.07) is 7.75. The minimum atomic E-state index is -0.307. The van der Waals surface area contributed by atoms with Gasteiger partial charge in [-0.15, -0.1) is 0 Å². The molecule has 1 aliphatic heterocycles. The number of aromatic nitrogens is 1. The van der Waals surface area contributed by atoms with Gasteiger partial charge in [0.25, 0.3) is 11.8 Å². The number of rotatable bonds is 4. The number of amides is 2. The Labute approximate surface area is 135 Å². The summed E-state index contributed by atoms with van der Waals surface area (Å²) in [5.74, 6) is -0.640. The lowest BCUT2D eigenvalue weighted by Gasteiger charge is -2.19. The normalized spacial score (nSPS) is 14.6. The highest BCUT2D eigenvalue weighted by molar-refractivity contribution is 6.22. The number of nitrogens with zero attached hydrogens (tertiary/aromatic N) is 1. The van der Waals surface area contributed by atoms with Crippen molar-refractivity contribution in [3.63, 3.8) is 0 Å². The molecule has 2 aromatic rings. The SMILES string of the molecule is CCCc1ccc2c(c1[C@H](C)c1ccc(C)cn1)C(=O)NC2=O. The number of nitrogens with one attached hydrogen (secondary N) is 1. The largest absolute Gasteiger partial charge is 0.288 e. The van der Waals surface area contributed by atoms with Gasteiger partial charge < -0.3 is 0 Å². The van der Waals surface area contributed by atoms with Crippen molar-refractivity contribution in [3.05, 3.63) is 64.0 Å². The molecule has 3 rings (SSSR count). The van der Waals surface area contributed by atoms with Gasteiger partial charge in [-0.05, 0) is 42.2 Å². The first-order valence-electron chi connectivity index (χ1n) is 7.97. The molecule has 0 spiro atoms. The summed E-state index contributed by atoms with van der Waals surface area (Å²) in [4.78, 5) is 28.8. The highest BCUT2D eigenvalue weighted by Crippen LogP contribution is 2.33. The van der Waals surface area contributed by atoms with E-state index >= 15 is 0 Å². The topological polar surface area (TPSA) is 59.1 Å². The van der Waals surface area contributed by atoms with E-state index in [0.717, 1.165) is 35.2 Å². The molecule has 0 unspecified atom stereocenters. The Morgan fingerprint density at radius 2 is 1.91 bits per heavy atom. The molecule has 0 saturated carbocycles. The van der Waals surface area contributed by atoms with Crippen molar-refractivity contribution >= 4 is 11.8 Å². The Kier molecular flexibility index (Phi) is 3.99. The molecule has 2 heterocycles. The van der Waals surface area contributed by atoms with Crippen LogP contribution in [0.5, 0.6) is 0 Å². The first kappa shape index (κ1) is 15.4. The molecule has 0 radical (unpaired) electrons. The van der Waals surface area contributed by atoms with Crippen molar-refractivity contribution in [2.45, 2.75) is 39.5 Å². The second-order valence-electron chi connectivity index (χ2n) is 6.08. The summed E-state index contributed by atoms with van der Waals surface area (Å²) in [6.45, 7) is 6.15. The molecule has 1 aromatic carbocycles. The van der Waals surface area contributed by atoms with Crippen molar-refractivity contribution < 1.29 is 9.59 Å². The molecule has 23 heavy (non-hydrogen) atoms. The zero-order chi connectivity index (χ0) is 16.6. The van der Waals surface area contributed by atoms with E-state index in [4.69, 9.17) is 0 Å². The number of imide groups is 1. The smallest absolute Gasteiger partial charge is 0.259 e. The summed E-state index contributed by atoms with van der Waals surface area (Å²) in [6.07, 6.45) is 3.69. The molecular formula is C19H20N2O2. The van der Waals surface area contributed by atoms with Crippen LogP contribution in [0.3, 0.4) is 0 Å². The average Bonchev–Trinajstić information content (AvgIpc) is 2.82. The van der Waals surface area contributed by atoms with Crippen LogP contribution in [0.4, 0.5) is 0 Å². The highest BCUT2D eigenvalue weighted by Gasteiger charge is 2.32. The maximum absolute atomic E-state index is 12.3. The quantitative estimate of drug-likeness (QED) is 0.881. The number of hydrogen-bond donors (Lipinski definition) is 1. The molecule has 0 fully saturated rings. The molecular weight excluding hydrogens is 288 g/mol. The fraction of sp³-hybridized carbons (Fsp3) is 0.316. The summed E-state index contributed by atoms with van der Waals surface area (Å²) in [7, 11) is 0. The van der Waals surface area contributed by atoms with E-state index in [1.807, 2.05) is 38.2 Å². The van der Waals surface area contributed by atoms with Crippen LogP contribution in [0.15, 0.2) is 30.5 Å². The number of pyridine rings is 1. The fourth-order valence-corrected chi connectivity index (χ4v) is 3.19. The molecule has 1 atom stereocenters. The summed E-state index contributed by atoms with van der Waals surface area (Å²) in [5.41, 5.74) is 5.06. The van der Waals surface area contributed by atoms with Crippen molar-refractivity contribution in [1.82, 2.24) is 10.3 Å². The Hall–Kier alpha value is -2.49.